The molecule has 7 nitrogen and oxygen atoms in total. The zero-order valence-electron chi connectivity index (χ0n) is 17.5. The summed E-state index contributed by atoms with van der Waals surface area (Å²) < 4.78 is 5.58. The first kappa shape index (κ1) is 29.6. The maximum Gasteiger partial charge on any atom is 0.238 e. The number of halogens is 2. The summed E-state index contributed by atoms with van der Waals surface area (Å²) in [7, 11) is 1.86. The summed E-state index contributed by atoms with van der Waals surface area (Å²) in [5, 5.41) is 9.65. The lowest BCUT2D eigenvalue weighted by Gasteiger charge is -2.09. The minimum atomic E-state index is -0.160. The van der Waals surface area contributed by atoms with E-state index in [0.29, 0.717) is 28.9 Å². The van der Waals surface area contributed by atoms with Crippen LogP contribution < -0.4 is 20.7 Å². The van der Waals surface area contributed by atoms with Gasteiger partial charge in [0.05, 0.1) is 16.6 Å². The number of carbonyl (C=O) groups excluding carboxylic acids is 3. The number of ether oxygens (including phenoxy) is 1. The number of benzene rings is 2. The van der Waals surface area contributed by atoms with Crippen LogP contribution in [-0.4, -0.2) is 46.2 Å². The van der Waals surface area contributed by atoms with Gasteiger partial charge in [0.1, 0.15) is 25.9 Å². The third kappa shape index (κ3) is 12.8. The molecule has 0 fully saturated rings. The van der Waals surface area contributed by atoms with Crippen molar-refractivity contribution in [2.75, 3.05) is 37.4 Å². The molecule has 9 heteroatoms. The minimum Gasteiger partial charge on any atom is -0.492 e. The average molecular weight is 458 g/mol. The Hall–Kier alpha value is -2.61. The van der Waals surface area contributed by atoms with Crippen LogP contribution in [0.5, 0.6) is 5.75 Å². The van der Waals surface area contributed by atoms with Crippen LogP contribution in [0.4, 0.5) is 11.4 Å². The van der Waals surface area contributed by atoms with Gasteiger partial charge in [0, 0.05) is 25.0 Å². The highest BCUT2D eigenvalue weighted by atomic mass is 35.5. The molecule has 2 aromatic carbocycles. The van der Waals surface area contributed by atoms with E-state index in [-0.39, 0.29) is 12.5 Å². The number of hydrogen-bond donors (Lipinski definition) is 3. The van der Waals surface area contributed by atoms with Gasteiger partial charge in [-0.05, 0) is 42.5 Å². The highest BCUT2D eigenvalue weighted by Gasteiger charge is 2.04. The monoisotopic (exact) mass is 457 g/mol. The lowest BCUT2D eigenvalue weighted by molar-refractivity contribution is -0.115. The number of anilines is 2. The molecule has 2 aromatic rings. The van der Waals surface area contributed by atoms with Crippen molar-refractivity contribution in [3.8, 4) is 5.75 Å². The molecule has 0 aromatic heterocycles. The molecule has 30 heavy (non-hydrogen) atoms. The second-order valence-corrected chi connectivity index (χ2v) is 5.79. The molecular weight excluding hydrogens is 429 g/mol. The summed E-state index contributed by atoms with van der Waals surface area (Å²) in [6, 6.07) is 12.6. The Morgan fingerprint density at radius 1 is 0.933 bits per heavy atom. The molecule has 0 aliphatic rings. The fraction of sp³-hybridized carbons (Fsp3) is 0.286. The first-order valence-electron chi connectivity index (χ1n) is 9.02. The quantitative estimate of drug-likeness (QED) is 0.511. The van der Waals surface area contributed by atoms with Gasteiger partial charge in [0.2, 0.25) is 5.91 Å². The number of hydrogen-bond acceptors (Lipinski definition) is 6. The molecule has 1 amide bonds. The van der Waals surface area contributed by atoms with E-state index in [0.717, 1.165) is 11.4 Å². The Morgan fingerprint density at radius 3 is 2.03 bits per heavy atom. The zero-order chi connectivity index (χ0) is 23.4. The highest BCUT2D eigenvalue weighted by molar-refractivity contribution is 6.42. The second-order valence-electron chi connectivity index (χ2n) is 4.98. The predicted octanol–water partition coefficient (Wildman–Crippen LogP) is 4.30. The summed E-state index contributed by atoms with van der Waals surface area (Å²) in [5.41, 5.74) is 1.64. The lowest BCUT2D eigenvalue weighted by atomic mass is 10.3. The average Bonchev–Trinajstić information content (AvgIpc) is 2.80. The van der Waals surface area contributed by atoms with Crippen LogP contribution >= 0.6 is 23.2 Å². The van der Waals surface area contributed by atoms with Gasteiger partial charge < -0.3 is 30.3 Å². The van der Waals surface area contributed by atoms with E-state index in [1.54, 1.807) is 18.2 Å². The van der Waals surface area contributed by atoms with Crippen molar-refractivity contribution in [1.82, 2.24) is 5.32 Å². The largest absolute Gasteiger partial charge is 0.492 e. The number of carbonyl (C=O) groups is 3. The third-order valence-electron chi connectivity index (χ3n) is 3.18. The van der Waals surface area contributed by atoms with Gasteiger partial charge in [-0.3, -0.25) is 4.79 Å². The van der Waals surface area contributed by atoms with Gasteiger partial charge in [-0.15, -0.1) is 0 Å². The molecule has 0 aliphatic heterocycles. The number of nitrogens with one attached hydrogen (secondary N) is 3. The second kappa shape index (κ2) is 19.7. The van der Waals surface area contributed by atoms with Crippen LogP contribution in [0.3, 0.4) is 0 Å². The van der Waals surface area contributed by atoms with Crippen molar-refractivity contribution in [2.45, 2.75) is 13.8 Å². The van der Waals surface area contributed by atoms with Gasteiger partial charge >= 0.3 is 0 Å². The van der Waals surface area contributed by atoms with Crippen LogP contribution in [0.25, 0.3) is 0 Å². The number of rotatable bonds is 8. The maximum absolute atomic E-state index is 11.8. The molecule has 3 N–H and O–H groups in total. The Labute approximate surface area is 188 Å². The highest BCUT2D eigenvalue weighted by Crippen LogP contribution is 2.24. The van der Waals surface area contributed by atoms with E-state index in [9.17, 15) is 4.79 Å². The molecule has 0 aliphatic carbocycles. The van der Waals surface area contributed by atoms with E-state index in [4.69, 9.17) is 37.5 Å². The van der Waals surface area contributed by atoms with Crippen LogP contribution in [0.15, 0.2) is 42.5 Å². The van der Waals surface area contributed by atoms with Gasteiger partial charge in [-0.25, -0.2) is 0 Å². The van der Waals surface area contributed by atoms with E-state index >= 15 is 0 Å². The van der Waals surface area contributed by atoms with Gasteiger partial charge in [-0.1, -0.05) is 37.0 Å². The van der Waals surface area contributed by atoms with Crippen LogP contribution in [-0.2, 0) is 14.4 Å². The van der Waals surface area contributed by atoms with Crippen LogP contribution in [0, 0.1) is 0 Å². The maximum atomic E-state index is 11.8. The van der Waals surface area contributed by atoms with Crippen molar-refractivity contribution in [3.05, 3.63) is 52.5 Å². The molecule has 0 saturated heterocycles. The molecular formula is C21H29Cl2N3O4. The van der Waals surface area contributed by atoms with Crippen molar-refractivity contribution in [3.63, 3.8) is 0 Å². The van der Waals surface area contributed by atoms with E-state index < -0.39 is 0 Å². The first-order chi connectivity index (χ1) is 14.6. The third-order valence-corrected chi connectivity index (χ3v) is 3.92. The molecule has 0 radical (unpaired) electrons. The van der Waals surface area contributed by atoms with E-state index in [1.807, 2.05) is 58.7 Å². The molecule has 0 saturated carbocycles. The smallest absolute Gasteiger partial charge is 0.238 e. The molecule has 2 rings (SSSR count). The molecule has 0 heterocycles. The Kier molecular flexibility index (Phi) is 19.4. The predicted molar refractivity (Wildman–Crippen MR) is 125 cm³/mol. The summed E-state index contributed by atoms with van der Waals surface area (Å²) in [6.45, 7) is 9.21. The molecule has 0 bridgehead atoms. The van der Waals surface area contributed by atoms with Crippen LogP contribution in [0.2, 0.25) is 10.0 Å². The molecule has 0 spiro atoms. The number of amides is 1. The summed E-state index contributed by atoms with van der Waals surface area (Å²) in [5.74, 6) is 0.628. The first-order valence-corrected chi connectivity index (χ1v) is 9.78. The van der Waals surface area contributed by atoms with Crippen molar-refractivity contribution in [1.29, 1.82) is 0 Å². The van der Waals surface area contributed by atoms with Crippen molar-refractivity contribution in [2.24, 2.45) is 0 Å². The van der Waals surface area contributed by atoms with Crippen LogP contribution in [0.1, 0.15) is 13.8 Å². The van der Waals surface area contributed by atoms with Gasteiger partial charge in [-0.2, -0.15) is 0 Å². The summed E-state index contributed by atoms with van der Waals surface area (Å²) >= 11 is 11.7. The molecule has 0 unspecified atom stereocenters. The fourth-order valence-corrected chi connectivity index (χ4v) is 2.24. The Balaban J connectivity index is 0. The topological polar surface area (TPSA) is 96.5 Å². The summed E-state index contributed by atoms with van der Waals surface area (Å²) in [6.07, 6.45) is 0. The minimum absolute atomic E-state index is 0.160. The Morgan fingerprint density at radius 2 is 1.50 bits per heavy atom. The summed E-state index contributed by atoms with van der Waals surface area (Å²) in [4.78, 5) is 27.8. The molecule has 166 valence electrons. The van der Waals surface area contributed by atoms with Crippen molar-refractivity contribution >= 4 is 54.1 Å². The SMILES string of the molecule is C=O.C=O.CC.CNc1ccc(OCCNCC(=O)Nc2ccc(Cl)c(Cl)c2)cc1. The standard InChI is InChI=1S/C17H19Cl2N3O2.C2H6.2CH2O/c1-20-12-2-5-14(6-3-12)24-9-8-21-11-17(23)22-13-4-7-15(18)16(19)10-13;3*1-2/h2-7,10,20-21H,8-9,11H2,1H3,(H,22,23);1-2H3;2*1H2. The van der Waals surface area contributed by atoms with E-state index in [1.165, 1.54) is 0 Å². The van der Waals surface area contributed by atoms with Gasteiger partial charge in [0.15, 0.2) is 0 Å². The fourth-order valence-electron chi connectivity index (χ4n) is 1.94. The van der Waals surface area contributed by atoms with Gasteiger partial charge in [0.25, 0.3) is 0 Å². The zero-order valence-corrected chi connectivity index (χ0v) is 19.0. The van der Waals surface area contributed by atoms with E-state index in [2.05, 4.69) is 16.0 Å². The normalized spacial score (nSPS) is 8.70. The lowest BCUT2D eigenvalue weighted by Crippen LogP contribution is -2.31. The molecule has 0 atom stereocenters. The van der Waals surface area contributed by atoms with Crippen molar-refractivity contribution < 1.29 is 19.1 Å². The Bertz CT molecular complexity index is 714.